The van der Waals surface area contributed by atoms with Gasteiger partial charge in [-0.05, 0) is 59.3 Å². The number of non-ortho nitro benzene ring substituents is 1. The van der Waals surface area contributed by atoms with Gasteiger partial charge in [0.05, 0.1) is 10.6 Å². The molecule has 0 saturated carbocycles. The largest absolute Gasteiger partial charge is 0.443 e. The second-order valence-corrected chi connectivity index (χ2v) is 9.72. The van der Waals surface area contributed by atoms with E-state index in [1.165, 1.54) is 46.4 Å². The van der Waals surface area contributed by atoms with Gasteiger partial charge in [-0.15, -0.1) is 11.3 Å². The number of nitrogens with zero attached hydrogens (tertiary/aromatic N) is 1. The van der Waals surface area contributed by atoms with Gasteiger partial charge < -0.3 is 10.1 Å². The number of halogens is 1. The first-order chi connectivity index (χ1) is 15.9. The molecule has 3 aromatic rings. The number of rotatable bonds is 6. The highest BCUT2D eigenvalue weighted by atomic mass is 79.9. The molecule has 7 nitrogen and oxygen atoms in total. The zero-order valence-corrected chi connectivity index (χ0v) is 20.0. The lowest BCUT2D eigenvalue weighted by Gasteiger charge is -2.18. The molecular formula is C24H21BrN2O5S. The summed E-state index contributed by atoms with van der Waals surface area (Å²) in [6.07, 6.45) is 4.15. The molecule has 1 amide bonds. The van der Waals surface area contributed by atoms with Crippen molar-refractivity contribution < 1.29 is 19.2 Å². The maximum Gasteiger partial charge on any atom is 0.349 e. The zero-order chi connectivity index (χ0) is 23.4. The molecule has 1 aliphatic carbocycles. The molecule has 170 valence electrons. The number of benzene rings is 2. The molecule has 33 heavy (non-hydrogen) atoms. The fourth-order valence-electron chi connectivity index (χ4n) is 3.75. The number of thiophene rings is 1. The van der Waals surface area contributed by atoms with Gasteiger partial charge in [-0.25, -0.2) is 4.79 Å². The molecule has 1 N–H and O–H groups in total. The third-order valence-electron chi connectivity index (χ3n) is 5.43. The molecule has 0 fully saturated rings. The first-order valence-electron chi connectivity index (χ1n) is 10.5. The predicted octanol–water partition coefficient (Wildman–Crippen LogP) is 6.22. The minimum atomic E-state index is -1.18. The molecule has 1 aliphatic rings. The van der Waals surface area contributed by atoms with Crippen molar-refractivity contribution in [3.8, 4) is 0 Å². The Morgan fingerprint density at radius 1 is 1.06 bits per heavy atom. The number of fused-ring (bicyclic) bond motifs is 1. The van der Waals surface area contributed by atoms with E-state index < -0.39 is 22.9 Å². The Balaban J connectivity index is 1.56. The molecule has 0 saturated heterocycles. The molecule has 0 bridgehead atoms. The first kappa shape index (κ1) is 23.1. The normalized spacial score (nSPS) is 14.0. The summed E-state index contributed by atoms with van der Waals surface area (Å²) in [6.45, 7) is 0. The highest BCUT2D eigenvalue weighted by Crippen LogP contribution is 2.32. The van der Waals surface area contributed by atoms with E-state index in [1.54, 1.807) is 24.3 Å². The van der Waals surface area contributed by atoms with Gasteiger partial charge in [-0.3, -0.25) is 14.9 Å². The quantitative estimate of drug-likeness (QED) is 0.177. The first-order valence-corrected chi connectivity index (χ1v) is 12.2. The topological polar surface area (TPSA) is 98.5 Å². The summed E-state index contributed by atoms with van der Waals surface area (Å²) < 4.78 is 6.06. The van der Waals surface area contributed by atoms with Crippen LogP contribution in [-0.2, 0) is 22.4 Å². The van der Waals surface area contributed by atoms with Crippen molar-refractivity contribution >= 4 is 50.5 Å². The van der Waals surface area contributed by atoms with Crippen molar-refractivity contribution in [2.24, 2.45) is 0 Å². The van der Waals surface area contributed by atoms with Gasteiger partial charge >= 0.3 is 5.97 Å². The molecular weight excluding hydrogens is 508 g/mol. The van der Waals surface area contributed by atoms with Crippen LogP contribution in [-0.4, -0.2) is 16.8 Å². The molecule has 1 aromatic heterocycles. The number of aryl methyl sites for hydroxylation is 2. The van der Waals surface area contributed by atoms with E-state index in [0.717, 1.165) is 25.7 Å². The van der Waals surface area contributed by atoms with Gasteiger partial charge in [0, 0.05) is 27.0 Å². The smallest absolute Gasteiger partial charge is 0.349 e. The Kier molecular flexibility index (Phi) is 7.20. The van der Waals surface area contributed by atoms with Gasteiger partial charge in [-0.1, -0.05) is 36.8 Å². The highest BCUT2D eigenvalue weighted by Gasteiger charge is 2.28. The van der Waals surface area contributed by atoms with E-state index in [-0.39, 0.29) is 5.69 Å². The average Bonchev–Trinajstić information content (AvgIpc) is 3.09. The number of nitro benzene ring substituents is 1. The number of amides is 1. The maximum absolute atomic E-state index is 13.2. The second kappa shape index (κ2) is 10.3. The van der Waals surface area contributed by atoms with Gasteiger partial charge in [0.1, 0.15) is 4.88 Å². The number of ether oxygens (including phenoxy) is 1. The fourth-order valence-corrected chi connectivity index (χ4v) is 5.35. The van der Waals surface area contributed by atoms with Crippen LogP contribution in [0.4, 0.5) is 11.4 Å². The minimum absolute atomic E-state index is 0.108. The Morgan fingerprint density at radius 3 is 2.55 bits per heavy atom. The monoisotopic (exact) mass is 528 g/mol. The second-order valence-electron chi connectivity index (χ2n) is 7.73. The number of nitrogens with one attached hydrogen (secondary N) is 1. The lowest BCUT2D eigenvalue weighted by molar-refractivity contribution is -0.384. The van der Waals surface area contributed by atoms with Crippen LogP contribution in [0.3, 0.4) is 0 Å². The van der Waals surface area contributed by atoms with Crippen LogP contribution in [0.25, 0.3) is 0 Å². The van der Waals surface area contributed by atoms with E-state index in [9.17, 15) is 19.7 Å². The third kappa shape index (κ3) is 5.48. The average molecular weight is 529 g/mol. The summed E-state index contributed by atoms with van der Waals surface area (Å²) in [5, 5.41) is 13.7. The van der Waals surface area contributed by atoms with Crippen LogP contribution in [0.15, 0.2) is 59.1 Å². The molecule has 0 unspecified atom stereocenters. The van der Waals surface area contributed by atoms with Crippen LogP contribution in [0.1, 0.15) is 51.0 Å². The summed E-state index contributed by atoms with van der Waals surface area (Å²) in [7, 11) is 0. The van der Waals surface area contributed by atoms with E-state index in [1.807, 2.05) is 12.1 Å². The van der Waals surface area contributed by atoms with E-state index >= 15 is 0 Å². The fraction of sp³-hybridized carbons (Fsp3) is 0.250. The van der Waals surface area contributed by atoms with Crippen molar-refractivity contribution in [2.75, 3.05) is 5.32 Å². The Bertz CT molecular complexity index is 1170. The van der Waals surface area contributed by atoms with Crippen molar-refractivity contribution in [3.63, 3.8) is 0 Å². The van der Waals surface area contributed by atoms with Crippen molar-refractivity contribution in [3.05, 3.63) is 90.1 Å². The molecule has 0 spiro atoms. The molecule has 1 heterocycles. The van der Waals surface area contributed by atoms with E-state index in [0.29, 0.717) is 20.6 Å². The number of hydrogen-bond acceptors (Lipinski definition) is 6. The molecule has 9 heteroatoms. The number of esters is 1. The van der Waals surface area contributed by atoms with Crippen molar-refractivity contribution in [1.29, 1.82) is 0 Å². The van der Waals surface area contributed by atoms with Crippen LogP contribution in [0, 0.1) is 10.1 Å². The van der Waals surface area contributed by atoms with Gasteiger partial charge in [0.15, 0.2) is 0 Å². The van der Waals surface area contributed by atoms with Crippen LogP contribution >= 0.6 is 27.3 Å². The standard InChI is InChI=1S/C24H21BrN2O5S/c25-18-14-17(27(30)31)11-12-19(18)26-23(28)22(15-7-3-1-4-8-15)32-24(29)21-13-16-9-5-2-6-10-20(16)33-21/h1,3-4,7-8,11-14,22H,2,5-6,9-10H2,(H,26,28)/t22-/m0/s1. The molecule has 2 aromatic carbocycles. The SMILES string of the molecule is O=C(O[C@H](C(=O)Nc1ccc([N+](=O)[O-])cc1Br)c1ccccc1)c1cc2c(s1)CCCCC2. The van der Waals surface area contributed by atoms with Gasteiger partial charge in [0.25, 0.3) is 11.6 Å². The van der Waals surface area contributed by atoms with Crippen LogP contribution in [0.5, 0.6) is 0 Å². The van der Waals surface area contributed by atoms with E-state index in [2.05, 4.69) is 21.2 Å². The summed E-state index contributed by atoms with van der Waals surface area (Å²) in [5.74, 6) is -1.10. The Hall–Kier alpha value is -3.04. The minimum Gasteiger partial charge on any atom is -0.443 e. The number of anilines is 1. The number of carbonyl (C=O) groups excluding carboxylic acids is 2. The molecule has 0 aliphatic heterocycles. The maximum atomic E-state index is 13.2. The zero-order valence-electron chi connectivity index (χ0n) is 17.6. The lowest BCUT2D eigenvalue weighted by atomic mass is 10.1. The Morgan fingerprint density at radius 2 is 1.82 bits per heavy atom. The highest BCUT2D eigenvalue weighted by molar-refractivity contribution is 9.10. The Labute approximate surface area is 203 Å². The molecule has 4 rings (SSSR count). The summed E-state index contributed by atoms with van der Waals surface area (Å²) in [4.78, 5) is 38.3. The van der Waals surface area contributed by atoms with Crippen LogP contribution in [0.2, 0.25) is 0 Å². The molecule has 0 radical (unpaired) electrons. The number of hydrogen-bond donors (Lipinski definition) is 1. The summed E-state index contributed by atoms with van der Waals surface area (Å²) >= 11 is 4.69. The van der Waals surface area contributed by atoms with Gasteiger partial charge in [-0.2, -0.15) is 0 Å². The summed E-state index contributed by atoms with van der Waals surface area (Å²) in [6, 6.07) is 14.7. The third-order valence-corrected chi connectivity index (χ3v) is 7.31. The predicted molar refractivity (Wildman–Crippen MR) is 130 cm³/mol. The van der Waals surface area contributed by atoms with E-state index in [4.69, 9.17) is 4.74 Å². The van der Waals surface area contributed by atoms with Crippen molar-refractivity contribution in [2.45, 2.75) is 38.2 Å². The van der Waals surface area contributed by atoms with Crippen molar-refractivity contribution in [1.82, 2.24) is 0 Å². The summed E-state index contributed by atoms with van der Waals surface area (Å²) in [5.41, 5.74) is 1.95. The number of nitro groups is 1. The lowest BCUT2D eigenvalue weighted by Crippen LogP contribution is -2.26. The number of carbonyl (C=O) groups is 2. The van der Waals surface area contributed by atoms with Crippen LogP contribution < -0.4 is 5.32 Å². The van der Waals surface area contributed by atoms with Gasteiger partial charge in [0.2, 0.25) is 6.10 Å². The molecule has 1 atom stereocenters.